The number of nitrogens with two attached hydrogens (primary N) is 3. The van der Waals surface area contributed by atoms with Gasteiger partial charge in [0.05, 0.1) is 54.9 Å². The summed E-state index contributed by atoms with van der Waals surface area (Å²) in [6, 6.07) is 2.23. The third-order valence-corrected chi connectivity index (χ3v) is 15.2. The van der Waals surface area contributed by atoms with E-state index in [1.165, 1.54) is 16.8 Å². The number of carbonyl (C=O) groups excluding carboxylic acids is 8. The standard InChI is InChI=1S/C63H80N20O17/c1-7-82-44(22-32(3)78-82)55-70-31-38-37-24-35(53(64)91)26-46(100-21-13-19-98-6)51(37)80(56(38)76-55)17-9-10-18-81-52-40(75-63(81)77-61(97)45-23-33(4)79-83(45)8-2)25-36(54(65)92)27-47(52)99-20-12-16-68-57(93)41(28-48(85)86)73-60(96)43(30-50(89)90)74-58(94)39(14-11-15-69-62(66)67)72-59(95)42(29-49(87)88)71-34(5)84/h9-10,22-27,31,39,41-43H,7-8,11-21,28-30H2,1-6H3,(H2,64,91)(H2,65,92)(H,68,93)(H,71,84)(H,72,95)(H,73,96)(H,74,94)(H,85,86)(H,87,88)(H,89,90)(H4,66,67,69)(H,75,77,97)/b10-9+/t39-,41-,42-,43-/m0/s1. The number of hydrogen-bond acceptors (Lipinski definition) is 20. The number of carbonyl (C=O) groups is 11. The monoisotopic (exact) mass is 1390 g/mol. The van der Waals surface area contributed by atoms with Crippen LogP contribution in [-0.2, 0) is 69.3 Å². The van der Waals surface area contributed by atoms with Crippen LogP contribution in [-0.4, -0.2) is 194 Å². The second-order valence-corrected chi connectivity index (χ2v) is 22.8. The Bertz CT molecular complexity index is 4290. The van der Waals surface area contributed by atoms with Gasteiger partial charge >= 0.3 is 17.9 Å². The van der Waals surface area contributed by atoms with E-state index in [0.29, 0.717) is 71.0 Å². The van der Waals surface area contributed by atoms with Crippen LogP contribution in [0.25, 0.3) is 44.5 Å². The highest BCUT2D eigenvalue weighted by Gasteiger charge is 2.34. The molecule has 0 fully saturated rings. The number of aryl methyl sites for hydroxylation is 4. The van der Waals surface area contributed by atoms with Gasteiger partial charge in [-0.15, -0.1) is 0 Å². The number of nitrogens with one attached hydrogen (secondary N) is 8. The molecule has 0 aliphatic heterocycles. The number of carboxylic acid groups (broad SMARTS) is 3. The van der Waals surface area contributed by atoms with Gasteiger partial charge in [0.15, 0.2) is 11.8 Å². The largest absolute Gasteiger partial charge is 0.491 e. The average molecular weight is 1390 g/mol. The van der Waals surface area contributed by atoms with E-state index in [0.717, 1.165) is 12.6 Å². The van der Waals surface area contributed by atoms with Gasteiger partial charge in [0.1, 0.15) is 58.2 Å². The minimum Gasteiger partial charge on any atom is -0.491 e. The average Bonchev–Trinajstić information content (AvgIpc) is 1.44. The molecule has 0 aliphatic rings. The molecule has 37 heteroatoms. The van der Waals surface area contributed by atoms with Crippen molar-refractivity contribution in [3.8, 4) is 23.0 Å². The predicted molar refractivity (Wildman–Crippen MR) is 358 cm³/mol. The first-order valence-corrected chi connectivity index (χ1v) is 31.6. The first kappa shape index (κ1) is 75.3. The lowest BCUT2D eigenvalue weighted by molar-refractivity contribution is -0.143. The number of nitrogens with zero attached hydrogens (tertiary/aromatic N) is 9. The van der Waals surface area contributed by atoms with Crippen LogP contribution >= 0.6 is 0 Å². The minimum absolute atomic E-state index is 0.000483. The summed E-state index contributed by atoms with van der Waals surface area (Å²) in [5.74, 6) is -12.1. The number of carboxylic acids is 3. The van der Waals surface area contributed by atoms with Gasteiger partial charge in [-0.3, -0.25) is 72.8 Å². The van der Waals surface area contributed by atoms with Crippen LogP contribution in [0, 0.1) is 19.3 Å². The van der Waals surface area contributed by atoms with Crippen molar-refractivity contribution in [2.24, 2.45) is 17.2 Å². The number of methoxy groups -OCH3 is 1. The topological polar surface area (TPSA) is 546 Å². The maximum Gasteiger partial charge on any atom is 0.305 e. The van der Waals surface area contributed by atoms with E-state index >= 15 is 0 Å². The molecule has 8 amide bonds. The zero-order chi connectivity index (χ0) is 73.1. The molecule has 0 saturated carbocycles. The summed E-state index contributed by atoms with van der Waals surface area (Å²) in [5.41, 5.74) is 20.8. The number of benzene rings is 2. The minimum atomic E-state index is -2.02. The van der Waals surface area contributed by atoms with Crippen molar-refractivity contribution in [2.75, 3.05) is 45.3 Å². The molecule has 0 aliphatic carbocycles. The Kier molecular flexibility index (Phi) is 26.2. The molecular weight excluding hydrogens is 1310 g/mol. The van der Waals surface area contributed by atoms with Crippen molar-refractivity contribution in [3.05, 3.63) is 83.0 Å². The normalized spacial score (nSPS) is 12.5. The lowest BCUT2D eigenvalue weighted by Gasteiger charge is -2.25. The van der Waals surface area contributed by atoms with E-state index in [9.17, 15) is 68.1 Å². The number of hydrogen-bond donors (Lipinski definition) is 14. The number of aliphatic carboxylic acids is 3. The number of guanidine groups is 1. The van der Waals surface area contributed by atoms with Crippen LogP contribution in [0.2, 0.25) is 0 Å². The first-order valence-electron chi connectivity index (χ1n) is 31.6. The van der Waals surface area contributed by atoms with Crippen molar-refractivity contribution in [3.63, 3.8) is 0 Å². The van der Waals surface area contributed by atoms with Crippen LogP contribution in [0.5, 0.6) is 11.5 Å². The molecule has 0 spiro atoms. The third-order valence-electron chi connectivity index (χ3n) is 15.2. The van der Waals surface area contributed by atoms with E-state index in [4.69, 9.17) is 51.8 Å². The van der Waals surface area contributed by atoms with E-state index in [-0.39, 0.29) is 98.2 Å². The fourth-order valence-electron chi connectivity index (χ4n) is 10.7. The quantitative estimate of drug-likeness (QED) is 0.0107. The highest BCUT2D eigenvalue weighted by atomic mass is 16.5. The number of rotatable bonds is 39. The summed E-state index contributed by atoms with van der Waals surface area (Å²) in [6.45, 7) is 9.42. The van der Waals surface area contributed by atoms with Gasteiger partial charge in [-0.25, -0.2) is 15.0 Å². The first-order chi connectivity index (χ1) is 47.6. The van der Waals surface area contributed by atoms with E-state index < -0.39 is 115 Å². The SMILES string of the molecule is CCn1nc(C)cc1C(=O)Nc1nc2cc(C(N)=O)cc(OCCCNC(=O)[C@H](CC(=O)O)NC(=O)[C@H](CC(=O)O)NC(=O)[C@H](CCCNC(=N)N)NC(=O)[C@H](CC(=O)O)NC(C)=O)c2n1C/C=C/Cn1c2nc(-c3cc(C)nn3CC)ncc2c2cc(C(N)=O)cc(OCCCOC)c21. The molecule has 534 valence electrons. The maximum absolute atomic E-state index is 14.2. The summed E-state index contributed by atoms with van der Waals surface area (Å²) >= 11 is 0. The molecule has 5 aromatic heterocycles. The Labute approximate surface area is 569 Å². The second kappa shape index (κ2) is 34.8. The Morgan fingerprint density at radius 1 is 0.610 bits per heavy atom. The number of allylic oxidation sites excluding steroid dienone is 2. The molecule has 7 aromatic rings. The molecule has 0 unspecified atom stereocenters. The van der Waals surface area contributed by atoms with E-state index in [1.807, 2.05) is 37.5 Å². The van der Waals surface area contributed by atoms with Crippen LogP contribution in [0.1, 0.15) is 108 Å². The van der Waals surface area contributed by atoms with Crippen molar-refractivity contribution in [1.82, 2.24) is 75.5 Å². The van der Waals surface area contributed by atoms with Gasteiger partial charge < -0.3 is 87.8 Å². The summed E-state index contributed by atoms with van der Waals surface area (Å²) in [7, 11) is 1.57. The molecule has 0 bridgehead atoms. The Morgan fingerprint density at radius 3 is 1.74 bits per heavy atom. The number of aromatic nitrogens is 9. The van der Waals surface area contributed by atoms with Gasteiger partial charge in [-0.05, 0) is 83.4 Å². The maximum atomic E-state index is 14.2. The Hall–Kier alpha value is -12.1. The molecule has 5 heterocycles. The van der Waals surface area contributed by atoms with Gasteiger partial charge in [-0.2, -0.15) is 10.2 Å². The fraction of sp³-hybridized carbons (Fsp3) is 0.413. The number of fused-ring (bicyclic) bond motifs is 4. The van der Waals surface area contributed by atoms with Gasteiger partial charge in [0, 0.05) is 94.4 Å². The number of ether oxygens (including phenoxy) is 3. The highest BCUT2D eigenvalue weighted by molar-refractivity contribution is 6.12. The Morgan fingerprint density at radius 2 is 1.15 bits per heavy atom. The lowest BCUT2D eigenvalue weighted by Crippen LogP contribution is -2.59. The lowest BCUT2D eigenvalue weighted by atomic mass is 10.1. The molecule has 2 aromatic carbocycles. The van der Waals surface area contributed by atoms with Crippen LogP contribution in [0.4, 0.5) is 5.95 Å². The number of primary amides is 2. The van der Waals surface area contributed by atoms with E-state index in [1.54, 1.807) is 53.8 Å². The molecule has 7 rings (SSSR count). The zero-order valence-corrected chi connectivity index (χ0v) is 55.6. The molecule has 0 saturated heterocycles. The highest BCUT2D eigenvalue weighted by Crippen LogP contribution is 2.37. The molecule has 17 N–H and O–H groups in total. The van der Waals surface area contributed by atoms with Crippen molar-refractivity contribution in [2.45, 2.75) is 130 Å². The van der Waals surface area contributed by atoms with Gasteiger partial charge in [-0.1, -0.05) is 12.2 Å². The number of amides is 8. The third kappa shape index (κ3) is 19.8. The predicted octanol–water partition coefficient (Wildman–Crippen LogP) is 0.304. The molecule has 4 atom stereocenters. The van der Waals surface area contributed by atoms with Crippen molar-refractivity contribution >= 4 is 110 Å². The summed E-state index contributed by atoms with van der Waals surface area (Å²) in [6.07, 6.45) is 2.38. The fourth-order valence-corrected chi connectivity index (χ4v) is 10.7. The van der Waals surface area contributed by atoms with Gasteiger partial charge in [0.2, 0.25) is 47.3 Å². The second-order valence-electron chi connectivity index (χ2n) is 22.8. The summed E-state index contributed by atoms with van der Waals surface area (Å²) in [4.78, 5) is 157. The Balaban J connectivity index is 1.16. The smallest absolute Gasteiger partial charge is 0.305 e. The molecule has 0 radical (unpaired) electrons. The zero-order valence-electron chi connectivity index (χ0n) is 55.6. The number of imidazole rings is 1. The van der Waals surface area contributed by atoms with Crippen molar-refractivity contribution in [1.29, 1.82) is 5.41 Å². The summed E-state index contributed by atoms with van der Waals surface area (Å²) in [5, 5.41) is 63.2. The molecular formula is C63H80N20O17. The van der Waals surface area contributed by atoms with Crippen LogP contribution in [0.3, 0.4) is 0 Å². The van der Waals surface area contributed by atoms with Gasteiger partial charge in [0.25, 0.3) is 5.91 Å². The summed E-state index contributed by atoms with van der Waals surface area (Å²) < 4.78 is 24.7. The van der Waals surface area contributed by atoms with Crippen LogP contribution < -0.4 is 63.9 Å². The van der Waals surface area contributed by atoms with E-state index in [2.05, 4.69) is 47.4 Å². The number of anilines is 1. The van der Waals surface area contributed by atoms with Crippen molar-refractivity contribution < 1.29 is 82.3 Å². The van der Waals surface area contributed by atoms with Crippen LogP contribution in [0.15, 0.2) is 54.7 Å². The molecule has 100 heavy (non-hydrogen) atoms. The molecule has 37 nitrogen and oxygen atoms in total.